The number of methoxy groups -OCH3 is 2. The molecule has 8 nitrogen and oxygen atoms in total. The van der Waals surface area contributed by atoms with E-state index in [2.05, 4.69) is 15.2 Å². The predicted molar refractivity (Wildman–Crippen MR) is 123 cm³/mol. The molecule has 168 valence electrons. The Labute approximate surface area is 186 Å². The van der Waals surface area contributed by atoms with Crippen LogP contribution in [-0.2, 0) is 24.2 Å². The number of hydrogen-bond acceptors (Lipinski definition) is 7. The van der Waals surface area contributed by atoms with E-state index in [-0.39, 0.29) is 17.3 Å². The summed E-state index contributed by atoms with van der Waals surface area (Å²) in [7, 11) is 7.17. The van der Waals surface area contributed by atoms with Crippen molar-refractivity contribution in [2.75, 3.05) is 45.9 Å². The number of ether oxygens (including phenoxy) is 2. The van der Waals surface area contributed by atoms with Crippen LogP contribution in [0, 0.1) is 0 Å². The summed E-state index contributed by atoms with van der Waals surface area (Å²) in [4.78, 5) is 31.6. The third-order valence-electron chi connectivity index (χ3n) is 5.21. The summed E-state index contributed by atoms with van der Waals surface area (Å²) < 4.78 is 12.3. The van der Waals surface area contributed by atoms with Crippen LogP contribution in [0.1, 0.15) is 24.1 Å². The Morgan fingerprint density at radius 1 is 1.26 bits per heavy atom. The first kappa shape index (κ1) is 23.1. The molecule has 0 spiro atoms. The van der Waals surface area contributed by atoms with Crippen LogP contribution in [0.4, 0.5) is 5.69 Å². The summed E-state index contributed by atoms with van der Waals surface area (Å²) in [6.45, 7) is 1.60. The Morgan fingerprint density at radius 3 is 2.77 bits per heavy atom. The van der Waals surface area contributed by atoms with Gasteiger partial charge in [-0.25, -0.2) is 4.79 Å². The van der Waals surface area contributed by atoms with E-state index in [0.717, 1.165) is 43.5 Å². The maximum Gasteiger partial charge on any atom is 0.348 e. The van der Waals surface area contributed by atoms with Gasteiger partial charge in [-0.2, -0.15) is 4.98 Å². The monoisotopic (exact) mass is 446 g/mol. The van der Waals surface area contributed by atoms with Crippen molar-refractivity contribution in [3.8, 4) is 11.5 Å². The number of nitrogens with one attached hydrogen (secondary N) is 1. The van der Waals surface area contributed by atoms with Gasteiger partial charge in [-0.15, -0.1) is 0 Å². The minimum Gasteiger partial charge on any atom is -0.497 e. The molecule has 1 N–H and O–H groups in total. The van der Waals surface area contributed by atoms with Crippen molar-refractivity contribution in [2.45, 2.75) is 37.3 Å². The van der Waals surface area contributed by atoms with Gasteiger partial charge >= 0.3 is 5.69 Å². The standard InChI is InChI=1S/C22H30N4O4S/c1-25(2)11-6-12-26-18-8-5-7-16(18)21(24-22(26)28)31-14-20(27)23-17-10-9-15(29-3)13-19(17)30-4/h9-10,13H,5-8,11-12,14H2,1-4H3,(H,23,27). The number of amides is 1. The molecule has 31 heavy (non-hydrogen) atoms. The fraction of sp³-hybridized carbons (Fsp3) is 0.500. The Balaban J connectivity index is 1.68. The largest absolute Gasteiger partial charge is 0.497 e. The summed E-state index contributed by atoms with van der Waals surface area (Å²) in [6.07, 6.45) is 3.70. The Hall–Kier alpha value is -2.52. The molecule has 1 aliphatic carbocycles. The van der Waals surface area contributed by atoms with Gasteiger partial charge in [0.1, 0.15) is 16.5 Å². The van der Waals surface area contributed by atoms with E-state index >= 15 is 0 Å². The minimum atomic E-state index is -0.223. The number of thioether (sulfide) groups is 1. The van der Waals surface area contributed by atoms with Crippen LogP contribution in [0.5, 0.6) is 11.5 Å². The Morgan fingerprint density at radius 2 is 2.06 bits per heavy atom. The number of carbonyl (C=O) groups excluding carboxylic acids is 1. The van der Waals surface area contributed by atoms with Gasteiger partial charge in [-0.3, -0.25) is 9.36 Å². The molecular formula is C22H30N4O4S. The molecule has 0 atom stereocenters. The molecule has 0 radical (unpaired) electrons. The Bertz CT molecular complexity index is 990. The highest BCUT2D eigenvalue weighted by atomic mass is 32.2. The molecule has 1 heterocycles. The zero-order chi connectivity index (χ0) is 22.4. The molecule has 2 aromatic rings. The van der Waals surface area contributed by atoms with Gasteiger partial charge in [0.2, 0.25) is 5.91 Å². The maximum absolute atomic E-state index is 12.7. The van der Waals surface area contributed by atoms with E-state index in [1.165, 1.54) is 11.8 Å². The zero-order valence-corrected chi connectivity index (χ0v) is 19.4. The summed E-state index contributed by atoms with van der Waals surface area (Å²) >= 11 is 1.32. The van der Waals surface area contributed by atoms with E-state index in [9.17, 15) is 9.59 Å². The number of fused-ring (bicyclic) bond motifs is 1. The molecule has 9 heteroatoms. The van der Waals surface area contributed by atoms with Crippen LogP contribution in [0.15, 0.2) is 28.0 Å². The van der Waals surface area contributed by atoms with Gasteiger partial charge in [0.15, 0.2) is 0 Å². The summed E-state index contributed by atoms with van der Waals surface area (Å²) in [6, 6.07) is 5.22. The van der Waals surface area contributed by atoms with Crippen LogP contribution < -0.4 is 20.5 Å². The molecule has 0 aliphatic heterocycles. The Kier molecular flexibility index (Phi) is 7.97. The highest BCUT2D eigenvalue weighted by Gasteiger charge is 2.22. The first-order chi connectivity index (χ1) is 14.9. The minimum absolute atomic E-state index is 0.165. The molecule has 1 aliphatic rings. The molecule has 1 aromatic carbocycles. The van der Waals surface area contributed by atoms with E-state index in [0.29, 0.717) is 28.8 Å². The van der Waals surface area contributed by atoms with Crippen LogP contribution in [0.2, 0.25) is 0 Å². The SMILES string of the molecule is COc1ccc(NC(=O)CSc2nc(=O)n(CCCN(C)C)c3c2CCC3)c(OC)c1. The number of hydrogen-bond donors (Lipinski definition) is 1. The fourth-order valence-electron chi connectivity index (χ4n) is 3.70. The number of nitrogens with zero attached hydrogens (tertiary/aromatic N) is 3. The number of benzene rings is 1. The molecule has 1 amide bonds. The molecule has 0 fully saturated rings. The van der Waals surface area contributed by atoms with Crippen molar-refractivity contribution in [3.05, 3.63) is 39.9 Å². The molecule has 1 aromatic heterocycles. The summed E-state index contributed by atoms with van der Waals surface area (Å²) in [5.74, 6) is 1.16. The summed E-state index contributed by atoms with van der Waals surface area (Å²) in [5.41, 5.74) is 2.55. The molecule has 0 saturated heterocycles. The normalized spacial score (nSPS) is 12.7. The number of carbonyl (C=O) groups is 1. The van der Waals surface area contributed by atoms with Gasteiger partial charge in [-0.05, 0) is 58.5 Å². The third kappa shape index (κ3) is 5.80. The van der Waals surface area contributed by atoms with Crippen molar-refractivity contribution in [2.24, 2.45) is 0 Å². The average molecular weight is 447 g/mol. The number of aromatic nitrogens is 2. The lowest BCUT2D eigenvalue weighted by molar-refractivity contribution is -0.113. The van der Waals surface area contributed by atoms with E-state index < -0.39 is 0 Å². The lowest BCUT2D eigenvalue weighted by atomic mass is 10.2. The summed E-state index contributed by atoms with van der Waals surface area (Å²) in [5, 5.41) is 3.54. The van der Waals surface area contributed by atoms with Gasteiger partial charge in [0, 0.05) is 23.9 Å². The van der Waals surface area contributed by atoms with Crippen LogP contribution >= 0.6 is 11.8 Å². The average Bonchev–Trinajstić information content (AvgIpc) is 3.24. The number of rotatable bonds is 10. The number of anilines is 1. The van der Waals surface area contributed by atoms with E-state index in [4.69, 9.17) is 9.47 Å². The molecular weight excluding hydrogens is 416 g/mol. The zero-order valence-electron chi connectivity index (χ0n) is 18.6. The van der Waals surface area contributed by atoms with Gasteiger partial charge in [0.05, 0.1) is 25.7 Å². The second-order valence-electron chi connectivity index (χ2n) is 7.69. The lowest BCUT2D eigenvalue weighted by Gasteiger charge is -2.15. The van der Waals surface area contributed by atoms with Crippen molar-refractivity contribution >= 4 is 23.4 Å². The van der Waals surface area contributed by atoms with Crippen molar-refractivity contribution in [1.29, 1.82) is 0 Å². The van der Waals surface area contributed by atoms with Crippen LogP contribution in [0.25, 0.3) is 0 Å². The van der Waals surface area contributed by atoms with E-state index in [1.54, 1.807) is 32.4 Å². The second kappa shape index (κ2) is 10.7. The van der Waals surface area contributed by atoms with Gasteiger partial charge in [0.25, 0.3) is 0 Å². The highest BCUT2D eigenvalue weighted by molar-refractivity contribution is 8.00. The quantitative estimate of drug-likeness (QED) is 0.443. The topological polar surface area (TPSA) is 85.7 Å². The first-order valence-electron chi connectivity index (χ1n) is 10.3. The van der Waals surface area contributed by atoms with E-state index in [1.807, 2.05) is 18.7 Å². The molecule has 3 rings (SSSR count). The predicted octanol–water partition coefficient (Wildman–Crippen LogP) is 2.43. The lowest BCUT2D eigenvalue weighted by Crippen LogP contribution is -2.29. The van der Waals surface area contributed by atoms with Gasteiger partial charge in [-0.1, -0.05) is 11.8 Å². The smallest absolute Gasteiger partial charge is 0.348 e. The van der Waals surface area contributed by atoms with Gasteiger partial charge < -0.3 is 19.7 Å². The fourth-order valence-corrected chi connectivity index (χ4v) is 4.58. The maximum atomic E-state index is 12.7. The van der Waals surface area contributed by atoms with Crippen molar-refractivity contribution in [1.82, 2.24) is 14.5 Å². The molecule has 0 bridgehead atoms. The molecule has 0 saturated carbocycles. The van der Waals surface area contributed by atoms with Crippen LogP contribution in [0.3, 0.4) is 0 Å². The van der Waals surface area contributed by atoms with Crippen molar-refractivity contribution < 1.29 is 14.3 Å². The first-order valence-corrected chi connectivity index (χ1v) is 11.3. The highest BCUT2D eigenvalue weighted by Crippen LogP contribution is 2.31. The molecule has 0 unspecified atom stereocenters. The third-order valence-corrected chi connectivity index (χ3v) is 6.23. The van der Waals surface area contributed by atoms with Crippen molar-refractivity contribution in [3.63, 3.8) is 0 Å². The van der Waals surface area contributed by atoms with Crippen LogP contribution in [-0.4, -0.2) is 61.0 Å². The second-order valence-corrected chi connectivity index (χ2v) is 8.65.